The minimum atomic E-state index is -0.0555. The standard InChI is InChI=1S/C15H10BrNO3/c16-10-3-1-9(2-4-10)13-8-17-20-15(13)12-6-5-11(18)7-14(12)19/h1-8,18-19H. The van der Waals surface area contributed by atoms with Gasteiger partial charge in [-0.25, -0.2) is 0 Å². The number of aromatic hydroxyl groups is 2. The van der Waals surface area contributed by atoms with Gasteiger partial charge in [-0.2, -0.15) is 0 Å². The summed E-state index contributed by atoms with van der Waals surface area (Å²) < 4.78 is 6.23. The summed E-state index contributed by atoms with van der Waals surface area (Å²) in [5.74, 6) is 0.404. The minimum absolute atomic E-state index is 0.00374. The number of nitrogens with zero attached hydrogens (tertiary/aromatic N) is 1. The zero-order valence-electron chi connectivity index (χ0n) is 10.2. The van der Waals surface area contributed by atoms with E-state index in [1.54, 1.807) is 12.3 Å². The summed E-state index contributed by atoms with van der Waals surface area (Å²) in [4.78, 5) is 0. The van der Waals surface area contributed by atoms with E-state index in [1.165, 1.54) is 12.1 Å². The molecule has 1 aromatic heterocycles. The van der Waals surface area contributed by atoms with Crippen molar-refractivity contribution in [2.75, 3.05) is 0 Å². The van der Waals surface area contributed by atoms with Crippen molar-refractivity contribution in [3.63, 3.8) is 0 Å². The maximum absolute atomic E-state index is 9.92. The summed E-state index contributed by atoms with van der Waals surface area (Å²) in [5.41, 5.74) is 2.19. The van der Waals surface area contributed by atoms with Crippen LogP contribution in [-0.4, -0.2) is 15.4 Å². The molecule has 1 heterocycles. The fourth-order valence-corrected chi connectivity index (χ4v) is 2.25. The van der Waals surface area contributed by atoms with Crippen LogP contribution in [-0.2, 0) is 0 Å². The molecule has 3 rings (SSSR count). The summed E-state index contributed by atoms with van der Waals surface area (Å²) in [5, 5.41) is 23.1. The van der Waals surface area contributed by atoms with Gasteiger partial charge in [0, 0.05) is 16.1 Å². The maximum atomic E-state index is 9.92. The lowest BCUT2D eigenvalue weighted by Gasteiger charge is -2.04. The average Bonchev–Trinajstić information content (AvgIpc) is 2.88. The molecule has 0 aliphatic carbocycles. The molecule has 0 aliphatic rings. The highest BCUT2D eigenvalue weighted by atomic mass is 79.9. The highest BCUT2D eigenvalue weighted by Crippen LogP contribution is 2.38. The van der Waals surface area contributed by atoms with Gasteiger partial charge in [0.1, 0.15) is 11.5 Å². The average molecular weight is 332 g/mol. The van der Waals surface area contributed by atoms with Crippen LogP contribution < -0.4 is 0 Å². The van der Waals surface area contributed by atoms with Crippen molar-refractivity contribution in [2.24, 2.45) is 0 Å². The Labute approximate surface area is 123 Å². The second kappa shape index (κ2) is 5.02. The molecule has 0 unspecified atom stereocenters. The Hall–Kier alpha value is -2.27. The van der Waals surface area contributed by atoms with Crippen molar-refractivity contribution in [3.05, 3.63) is 53.1 Å². The molecule has 0 bridgehead atoms. The van der Waals surface area contributed by atoms with E-state index in [9.17, 15) is 10.2 Å². The fourth-order valence-electron chi connectivity index (χ4n) is 1.98. The van der Waals surface area contributed by atoms with E-state index in [0.29, 0.717) is 11.3 Å². The molecule has 0 radical (unpaired) electrons. The van der Waals surface area contributed by atoms with Crippen LogP contribution in [0.1, 0.15) is 0 Å². The van der Waals surface area contributed by atoms with Crippen molar-refractivity contribution < 1.29 is 14.7 Å². The molecule has 0 saturated heterocycles. The highest BCUT2D eigenvalue weighted by Gasteiger charge is 2.16. The second-order valence-electron chi connectivity index (χ2n) is 4.28. The summed E-state index contributed by atoms with van der Waals surface area (Å²) in [6, 6.07) is 12.0. The molecule has 0 fully saturated rings. The number of halogens is 1. The molecule has 5 heteroatoms. The quantitative estimate of drug-likeness (QED) is 0.739. The molecule has 2 N–H and O–H groups in total. The molecule has 20 heavy (non-hydrogen) atoms. The summed E-state index contributed by atoms with van der Waals surface area (Å²) in [6.45, 7) is 0. The van der Waals surface area contributed by atoms with Gasteiger partial charge < -0.3 is 14.7 Å². The largest absolute Gasteiger partial charge is 0.508 e. The number of hydrogen-bond donors (Lipinski definition) is 2. The number of aromatic nitrogens is 1. The van der Waals surface area contributed by atoms with Crippen molar-refractivity contribution in [3.8, 4) is 33.9 Å². The van der Waals surface area contributed by atoms with Gasteiger partial charge in [0.2, 0.25) is 0 Å². The first-order valence-electron chi connectivity index (χ1n) is 5.88. The number of phenolic OH excluding ortho intramolecular Hbond substituents is 2. The van der Waals surface area contributed by atoms with Gasteiger partial charge >= 0.3 is 0 Å². The fraction of sp³-hybridized carbons (Fsp3) is 0. The van der Waals surface area contributed by atoms with Crippen molar-refractivity contribution >= 4 is 15.9 Å². The Morgan fingerprint density at radius 1 is 0.950 bits per heavy atom. The molecule has 100 valence electrons. The number of benzene rings is 2. The second-order valence-corrected chi connectivity index (χ2v) is 5.19. The smallest absolute Gasteiger partial charge is 0.178 e. The predicted octanol–water partition coefficient (Wildman–Crippen LogP) is 4.18. The van der Waals surface area contributed by atoms with Crippen molar-refractivity contribution in [2.45, 2.75) is 0 Å². The molecule has 3 aromatic rings. The van der Waals surface area contributed by atoms with Crippen LogP contribution in [0.2, 0.25) is 0 Å². The highest BCUT2D eigenvalue weighted by molar-refractivity contribution is 9.10. The van der Waals surface area contributed by atoms with Crippen molar-refractivity contribution in [1.82, 2.24) is 5.16 Å². The first kappa shape index (κ1) is 12.7. The lowest BCUT2D eigenvalue weighted by Crippen LogP contribution is -1.81. The normalized spacial score (nSPS) is 10.7. The third-order valence-electron chi connectivity index (χ3n) is 2.95. The Balaban J connectivity index is 2.12. The van der Waals surface area contributed by atoms with Crippen LogP contribution in [0.4, 0.5) is 0 Å². The van der Waals surface area contributed by atoms with Crippen LogP contribution in [0.5, 0.6) is 11.5 Å². The van der Waals surface area contributed by atoms with Crippen LogP contribution in [0.15, 0.2) is 57.7 Å². The zero-order chi connectivity index (χ0) is 14.1. The van der Waals surface area contributed by atoms with Gasteiger partial charge in [-0.1, -0.05) is 33.2 Å². The monoisotopic (exact) mass is 331 g/mol. The summed E-state index contributed by atoms with van der Waals surface area (Å²) >= 11 is 3.38. The number of rotatable bonds is 2. The van der Waals surface area contributed by atoms with Gasteiger partial charge in [-0.3, -0.25) is 0 Å². The van der Waals surface area contributed by atoms with Gasteiger partial charge in [0.05, 0.1) is 11.8 Å². The van der Waals surface area contributed by atoms with E-state index >= 15 is 0 Å². The van der Waals surface area contributed by atoms with E-state index in [1.807, 2.05) is 24.3 Å². The van der Waals surface area contributed by atoms with Gasteiger partial charge in [0.25, 0.3) is 0 Å². The van der Waals surface area contributed by atoms with Gasteiger partial charge in [-0.15, -0.1) is 0 Å². The van der Waals surface area contributed by atoms with Gasteiger partial charge in [0.15, 0.2) is 5.76 Å². The number of phenols is 2. The number of hydrogen-bond acceptors (Lipinski definition) is 4. The first-order chi connectivity index (χ1) is 9.65. The van der Waals surface area contributed by atoms with E-state index in [4.69, 9.17) is 4.52 Å². The van der Waals surface area contributed by atoms with Crippen molar-refractivity contribution in [1.29, 1.82) is 0 Å². The van der Waals surface area contributed by atoms with Crippen LogP contribution in [0.3, 0.4) is 0 Å². The third kappa shape index (κ3) is 2.28. The molecular formula is C15H10BrNO3. The molecule has 0 saturated carbocycles. The van der Waals surface area contributed by atoms with E-state index < -0.39 is 0 Å². The Morgan fingerprint density at radius 3 is 2.40 bits per heavy atom. The first-order valence-corrected chi connectivity index (χ1v) is 6.67. The molecular weight excluding hydrogens is 322 g/mol. The lowest BCUT2D eigenvalue weighted by atomic mass is 10.0. The molecule has 0 spiro atoms. The van der Waals surface area contributed by atoms with Gasteiger partial charge in [-0.05, 0) is 29.8 Å². The topological polar surface area (TPSA) is 66.5 Å². The van der Waals surface area contributed by atoms with Crippen LogP contribution in [0.25, 0.3) is 22.5 Å². The zero-order valence-corrected chi connectivity index (χ0v) is 11.8. The van der Waals surface area contributed by atoms with E-state index in [2.05, 4.69) is 21.1 Å². The summed E-state index contributed by atoms with van der Waals surface area (Å²) in [6.07, 6.45) is 1.60. The third-order valence-corrected chi connectivity index (χ3v) is 3.48. The molecule has 2 aromatic carbocycles. The molecule has 0 amide bonds. The maximum Gasteiger partial charge on any atom is 0.178 e. The van der Waals surface area contributed by atoms with E-state index in [0.717, 1.165) is 15.6 Å². The molecule has 0 atom stereocenters. The Morgan fingerprint density at radius 2 is 1.70 bits per heavy atom. The Kier molecular flexibility index (Phi) is 3.20. The predicted molar refractivity (Wildman–Crippen MR) is 78.4 cm³/mol. The van der Waals surface area contributed by atoms with E-state index in [-0.39, 0.29) is 11.5 Å². The Bertz CT molecular complexity index is 750. The molecule has 0 aliphatic heterocycles. The molecule has 4 nitrogen and oxygen atoms in total. The van der Waals surface area contributed by atoms with Crippen LogP contribution >= 0.6 is 15.9 Å². The summed E-state index contributed by atoms with van der Waals surface area (Å²) in [7, 11) is 0. The SMILES string of the molecule is Oc1ccc(-c2oncc2-c2ccc(Br)cc2)c(O)c1. The lowest BCUT2D eigenvalue weighted by molar-refractivity contribution is 0.424. The minimum Gasteiger partial charge on any atom is -0.508 e. The van der Waals surface area contributed by atoms with Crippen LogP contribution in [0, 0.1) is 0 Å².